The largest absolute Gasteiger partial charge is 0.277 e. The molecule has 0 spiro atoms. The first-order valence-electron chi connectivity index (χ1n) is 7.23. The summed E-state index contributed by atoms with van der Waals surface area (Å²) in [5.41, 5.74) is 1.46. The van der Waals surface area contributed by atoms with E-state index in [1.54, 1.807) is 11.3 Å². The normalized spacial score (nSPS) is 18.5. The third-order valence-corrected chi connectivity index (χ3v) is 6.35. The van der Waals surface area contributed by atoms with Gasteiger partial charge in [0, 0.05) is 17.5 Å². The minimum atomic E-state index is 0.422. The van der Waals surface area contributed by atoms with E-state index in [0.717, 1.165) is 30.3 Å². The van der Waals surface area contributed by atoms with Gasteiger partial charge in [-0.15, -0.1) is 22.7 Å². The van der Waals surface area contributed by atoms with Crippen LogP contribution in [0.4, 0.5) is 0 Å². The van der Waals surface area contributed by atoms with Crippen LogP contribution in [0.3, 0.4) is 0 Å². The Morgan fingerprint density at radius 2 is 2.27 bits per heavy atom. The number of nitrogens with one attached hydrogen (secondary N) is 1. The average Bonchev–Trinajstić information content (AvgIpc) is 3.23. The molecule has 0 aliphatic carbocycles. The Morgan fingerprint density at radius 3 is 3.09 bits per heavy atom. The highest BCUT2D eigenvalue weighted by Crippen LogP contribution is 2.33. The van der Waals surface area contributed by atoms with Crippen LogP contribution in [-0.4, -0.2) is 26.2 Å². The van der Waals surface area contributed by atoms with Crippen molar-refractivity contribution in [2.24, 2.45) is 0 Å². The fourth-order valence-electron chi connectivity index (χ4n) is 2.91. The van der Waals surface area contributed by atoms with E-state index in [9.17, 15) is 0 Å². The van der Waals surface area contributed by atoms with Gasteiger partial charge >= 0.3 is 0 Å². The molecule has 0 saturated heterocycles. The minimum absolute atomic E-state index is 0.422. The Bertz CT molecular complexity index is 827. The van der Waals surface area contributed by atoms with Crippen molar-refractivity contribution >= 4 is 34.9 Å². The van der Waals surface area contributed by atoms with Crippen molar-refractivity contribution in [1.82, 2.24) is 19.7 Å². The van der Waals surface area contributed by atoms with Crippen molar-refractivity contribution in [3.63, 3.8) is 0 Å². The molecule has 0 amide bonds. The standard InChI is InChI=1S/C15H16N4S3/c1-10-11-5-8-22-12(11)4-6-18(10)9-19-15(20)16-14(17-19)13-3-2-7-21-13/h2-3,5,7-8,10H,4,6,9H2,1H3,(H,16,17,20)/t10-/m0/s1. The summed E-state index contributed by atoms with van der Waals surface area (Å²) in [4.78, 5) is 9.58. The van der Waals surface area contributed by atoms with Crippen molar-refractivity contribution < 1.29 is 0 Å². The van der Waals surface area contributed by atoms with Gasteiger partial charge in [-0.25, -0.2) is 4.68 Å². The molecule has 4 nitrogen and oxygen atoms in total. The van der Waals surface area contributed by atoms with Crippen molar-refractivity contribution in [1.29, 1.82) is 0 Å². The minimum Gasteiger partial charge on any atom is -0.277 e. The molecule has 0 unspecified atom stereocenters. The zero-order chi connectivity index (χ0) is 15.1. The molecule has 1 aliphatic heterocycles. The van der Waals surface area contributed by atoms with E-state index >= 15 is 0 Å². The SMILES string of the molecule is C[C@H]1c2ccsc2CCN1Cn1[nH]c(-c2cccs2)nc1=S. The van der Waals surface area contributed by atoms with Crippen LogP contribution in [-0.2, 0) is 13.1 Å². The van der Waals surface area contributed by atoms with Crippen LogP contribution < -0.4 is 0 Å². The predicted octanol–water partition coefficient (Wildman–Crippen LogP) is 4.31. The van der Waals surface area contributed by atoms with E-state index in [1.165, 1.54) is 10.4 Å². The van der Waals surface area contributed by atoms with Gasteiger partial charge in [0.2, 0.25) is 4.77 Å². The number of fused-ring (bicyclic) bond motifs is 1. The van der Waals surface area contributed by atoms with Crippen molar-refractivity contribution in [2.75, 3.05) is 6.54 Å². The lowest BCUT2D eigenvalue weighted by Crippen LogP contribution is -2.35. The first-order chi connectivity index (χ1) is 10.7. The molecule has 0 bridgehead atoms. The van der Waals surface area contributed by atoms with Gasteiger partial charge in [0.1, 0.15) is 0 Å². The number of H-pyrrole nitrogens is 1. The third-order valence-electron chi connectivity index (χ3n) is 4.16. The fourth-order valence-corrected chi connectivity index (χ4v) is 4.73. The van der Waals surface area contributed by atoms with Crippen LogP contribution in [0.15, 0.2) is 29.0 Å². The topological polar surface area (TPSA) is 36.9 Å². The van der Waals surface area contributed by atoms with Crippen molar-refractivity contribution in [3.05, 3.63) is 44.2 Å². The second kappa shape index (κ2) is 5.73. The molecule has 0 radical (unpaired) electrons. The second-order valence-corrected chi connectivity index (χ2v) is 7.75. The second-order valence-electron chi connectivity index (χ2n) is 5.44. The third kappa shape index (κ3) is 2.48. The molecule has 1 aliphatic rings. The molecule has 0 fully saturated rings. The van der Waals surface area contributed by atoms with E-state index < -0.39 is 0 Å². The van der Waals surface area contributed by atoms with Gasteiger partial charge in [0.05, 0.1) is 11.5 Å². The Hall–Kier alpha value is -1.28. The smallest absolute Gasteiger partial charge is 0.217 e. The molecule has 1 atom stereocenters. The Morgan fingerprint density at radius 1 is 1.36 bits per heavy atom. The monoisotopic (exact) mass is 348 g/mol. The number of aromatic amines is 1. The zero-order valence-electron chi connectivity index (χ0n) is 12.2. The lowest BCUT2D eigenvalue weighted by atomic mass is 10.0. The van der Waals surface area contributed by atoms with Crippen molar-refractivity contribution in [3.8, 4) is 10.7 Å². The molecular formula is C15H16N4S3. The zero-order valence-corrected chi connectivity index (χ0v) is 14.6. The molecule has 3 aromatic heterocycles. The highest BCUT2D eigenvalue weighted by atomic mass is 32.1. The number of hydrogen-bond donors (Lipinski definition) is 1. The number of aromatic nitrogens is 3. The summed E-state index contributed by atoms with van der Waals surface area (Å²) in [6, 6.07) is 6.76. The molecule has 4 rings (SSSR count). The van der Waals surface area contributed by atoms with E-state index in [0.29, 0.717) is 10.8 Å². The maximum atomic E-state index is 5.42. The molecule has 3 aromatic rings. The van der Waals surface area contributed by atoms with Crippen molar-refractivity contribution in [2.45, 2.75) is 26.1 Å². The molecular weight excluding hydrogens is 332 g/mol. The van der Waals surface area contributed by atoms with Gasteiger partial charge in [0.25, 0.3) is 0 Å². The maximum Gasteiger partial charge on any atom is 0.217 e. The molecule has 0 saturated carbocycles. The number of nitrogens with zero attached hydrogens (tertiary/aromatic N) is 3. The van der Waals surface area contributed by atoms with Crippen LogP contribution in [0.2, 0.25) is 0 Å². The first kappa shape index (κ1) is 14.3. The quantitative estimate of drug-likeness (QED) is 0.717. The van der Waals surface area contributed by atoms with Gasteiger partial charge in [-0.2, -0.15) is 4.98 Å². The molecule has 22 heavy (non-hydrogen) atoms. The van der Waals surface area contributed by atoms with E-state index in [-0.39, 0.29) is 0 Å². The maximum absolute atomic E-state index is 5.42. The highest BCUT2D eigenvalue weighted by Gasteiger charge is 2.25. The summed E-state index contributed by atoms with van der Waals surface area (Å²) in [6.07, 6.45) is 1.12. The van der Waals surface area contributed by atoms with Gasteiger partial charge in [-0.1, -0.05) is 6.07 Å². The summed E-state index contributed by atoms with van der Waals surface area (Å²) in [6.45, 7) is 4.09. The van der Waals surface area contributed by atoms with E-state index in [2.05, 4.69) is 44.8 Å². The van der Waals surface area contributed by atoms with Crippen LogP contribution in [0, 0.1) is 4.77 Å². The summed E-state index contributed by atoms with van der Waals surface area (Å²) >= 11 is 8.96. The lowest BCUT2D eigenvalue weighted by molar-refractivity contribution is 0.144. The summed E-state index contributed by atoms with van der Waals surface area (Å²) in [5, 5.41) is 7.59. The molecule has 4 heterocycles. The molecule has 114 valence electrons. The van der Waals surface area contributed by atoms with Crippen LogP contribution >= 0.6 is 34.9 Å². The van der Waals surface area contributed by atoms with Crippen LogP contribution in [0.25, 0.3) is 10.7 Å². The van der Waals surface area contributed by atoms with E-state index in [1.807, 2.05) is 22.1 Å². The van der Waals surface area contributed by atoms with Crippen LogP contribution in [0.5, 0.6) is 0 Å². The predicted molar refractivity (Wildman–Crippen MR) is 93.9 cm³/mol. The van der Waals surface area contributed by atoms with Crippen LogP contribution in [0.1, 0.15) is 23.4 Å². The molecule has 1 N–H and O–H groups in total. The Kier molecular flexibility index (Phi) is 3.73. The van der Waals surface area contributed by atoms with E-state index in [4.69, 9.17) is 12.2 Å². The van der Waals surface area contributed by atoms with Gasteiger partial charge in [0.15, 0.2) is 5.82 Å². The fraction of sp³-hybridized carbons (Fsp3) is 0.333. The Labute approximate surface area is 142 Å². The Balaban J connectivity index is 1.58. The van der Waals surface area contributed by atoms with Gasteiger partial charge in [-0.05, 0) is 54.0 Å². The lowest BCUT2D eigenvalue weighted by Gasteiger charge is -2.33. The molecule has 0 aromatic carbocycles. The number of hydrogen-bond acceptors (Lipinski definition) is 5. The average molecular weight is 349 g/mol. The summed E-state index contributed by atoms with van der Waals surface area (Å²) < 4.78 is 2.59. The van der Waals surface area contributed by atoms with Gasteiger partial charge in [-0.3, -0.25) is 10.00 Å². The van der Waals surface area contributed by atoms with Gasteiger partial charge < -0.3 is 0 Å². The number of rotatable bonds is 3. The number of thiophene rings is 2. The summed E-state index contributed by atoms with van der Waals surface area (Å²) in [7, 11) is 0. The highest BCUT2D eigenvalue weighted by molar-refractivity contribution is 7.71. The summed E-state index contributed by atoms with van der Waals surface area (Å²) in [5.74, 6) is 0.862. The molecule has 7 heteroatoms. The first-order valence-corrected chi connectivity index (χ1v) is 9.40.